The van der Waals surface area contributed by atoms with Crippen LogP contribution in [0.25, 0.3) is 27.5 Å². The molecule has 4 rings (SSSR count). The second-order valence-electron chi connectivity index (χ2n) is 7.92. The molecule has 1 aromatic heterocycles. The fourth-order valence-corrected chi connectivity index (χ4v) is 3.88. The Morgan fingerprint density at radius 1 is 0.846 bits per heavy atom. The van der Waals surface area contributed by atoms with E-state index in [0.717, 1.165) is 11.1 Å². The minimum atomic E-state index is -0.0700. The molecule has 2 heteroatoms. The first-order valence-electron chi connectivity index (χ1n) is 8.95. The lowest BCUT2D eigenvalue weighted by molar-refractivity contribution is 0.586. The Labute approximate surface area is 154 Å². The van der Waals surface area contributed by atoms with Crippen LogP contribution in [0, 0.1) is 18.3 Å². The molecule has 0 amide bonds. The molecule has 0 bridgehead atoms. The fourth-order valence-electron chi connectivity index (χ4n) is 3.88. The summed E-state index contributed by atoms with van der Waals surface area (Å²) in [5.74, 6) is 0. The van der Waals surface area contributed by atoms with Crippen LogP contribution in [0.4, 0.5) is 0 Å². The van der Waals surface area contributed by atoms with Gasteiger partial charge in [-0.1, -0.05) is 57.2 Å². The molecule has 4 aromatic rings. The van der Waals surface area contributed by atoms with Crippen molar-refractivity contribution in [3.05, 3.63) is 77.4 Å². The molecule has 0 aliphatic heterocycles. The highest BCUT2D eigenvalue weighted by Crippen LogP contribution is 2.38. The van der Waals surface area contributed by atoms with E-state index in [2.05, 4.69) is 86.9 Å². The first kappa shape index (κ1) is 16.4. The summed E-state index contributed by atoms with van der Waals surface area (Å²) < 4.78 is 2.36. The summed E-state index contributed by atoms with van der Waals surface area (Å²) in [6.07, 6.45) is 0. The third-order valence-electron chi connectivity index (χ3n) is 5.04. The zero-order valence-corrected chi connectivity index (χ0v) is 15.7. The molecule has 2 nitrogen and oxygen atoms in total. The maximum Gasteiger partial charge on any atom is 0.0991 e. The van der Waals surface area contributed by atoms with Gasteiger partial charge in [0.2, 0.25) is 0 Å². The number of para-hydroxylation sites is 2. The molecular weight excluding hydrogens is 316 g/mol. The summed E-state index contributed by atoms with van der Waals surface area (Å²) in [5.41, 5.74) is 6.56. The molecule has 128 valence electrons. The lowest BCUT2D eigenvalue weighted by Gasteiger charge is -2.26. The van der Waals surface area contributed by atoms with Crippen LogP contribution < -0.4 is 0 Å². The average molecular weight is 338 g/mol. The van der Waals surface area contributed by atoms with E-state index in [4.69, 9.17) is 0 Å². The van der Waals surface area contributed by atoms with Gasteiger partial charge in [0, 0.05) is 10.8 Å². The van der Waals surface area contributed by atoms with Crippen LogP contribution in [0.1, 0.15) is 37.5 Å². The quantitative estimate of drug-likeness (QED) is 0.402. The van der Waals surface area contributed by atoms with Crippen molar-refractivity contribution in [2.45, 2.75) is 33.1 Å². The van der Waals surface area contributed by atoms with Crippen LogP contribution in [0.15, 0.2) is 60.7 Å². The molecule has 1 heterocycles. The van der Waals surface area contributed by atoms with Gasteiger partial charge in [0.1, 0.15) is 0 Å². The third-order valence-corrected chi connectivity index (χ3v) is 5.04. The second kappa shape index (κ2) is 5.75. The van der Waals surface area contributed by atoms with Gasteiger partial charge in [-0.15, -0.1) is 0 Å². The van der Waals surface area contributed by atoms with Crippen molar-refractivity contribution in [2.24, 2.45) is 0 Å². The maximum absolute atomic E-state index is 9.46. The van der Waals surface area contributed by atoms with Gasteiger partial charge in [0.15, 0.2) is 0 Å². The molecule has 0 N–H and O–H groups in total. The molecule has 0 aliphatic carbocycles. The van der Waals surface area contributed by atoms with E-state index in [-0.39, 0.29) is 5.41 Å². The number of aromatic nitrogens is 1. The monoisotopic (exact) mass is 338 g/mol. The molecule has 0 aliphatic rings. The largest absolute Gasteiger partial charge is 0.309 e. The van der Waals surface area contributed by atoms with Crippen LogP contribution in [0.2, 0.25) is 0 Å². The second-order valence-corrected chi connectivity index (χ2v) is 7.92. The molecule has 3 aromatic carbocycles. The molecular formula is C24H22N2. The van der Waals surface area contributed by atoms with Crippen molar-refractivity contribution < 1.29 is 0 Å². The highest BCUT2D eigenvalue weighted by molar-refractivity contribution is 6.09. The predicted octanol–water partition coefficient (Wildman–Crippen LogP) is 6.26. The highest BCUT2D eigenvalue weighted by Gasteiger charge is 2.24. The smallest absolute Gasteiger partial charge is 0.0991 e. The molecule has 0 spiro atoms. The van der Waals surface area contributed by atoms with Crippen LogP contribution in [0.5, 0.6) is 0 Å². The maximum atomic E-state index is 9.46. The average Bonchev–Trinajstić information content (AvgIpc) is 2.95. The lowest BCUT2D eigenvalue weighted by atomic mass is 9.83. The Kier molecular flexibility index (Phi) is 3.63. The fraction of sp³-hybridized carbons (Fsp3) is 0.208. The van der Waals surface area contributed by atoms with Crippen LogP contribution in [0.3, 0.4) is 0 Å². The number of benzene rings is 3. The Morgan fingerprint density at radius 2 is 1.38 bits per heavy atom. The van der Waals surface area contributed by atoms with E-state index in [0.29, 0.717) is 0 Å². The zero-order valence-electron chi connectivity index (χ0n) is 15.7. The number of nitriles is 1. The topological polar surface area (TPSA) is 28.7 Å². The lowest BCUT2D eigenvalue weighted by Crippen LogP contribution is -2.17. The standard InChI is InChI=1S/C24H22N2/c1-16-13-17(15-25)14-20(24(2,3)4)23(16)26-21-11-7-5-9-18(21)19-10-6-8-12-22(19)26/h5-14H,1-4H3. The molecule has 0 fully saturated rings. The van der Waals surface area contributed by atoms with Crippen LogP contribution >= 0.6 is 0 Å². The Balaban J connectivity index is 2.22. The van der Waals surface area contributed by atoms with E-state index in [1.165, 1.54) is 33.1 Å². The number of aryl methyl sites for hydroxylation is 1. The van der Waals surface area contributed by atoms with E-state index in [1.54, 1.807) is 0 Å². The first-order chi connectivity index (χ1) is 12.4. The van der Waals surface area contributed by atoms with E-state index >= 15 is 0 Å². The van der Waals surface area contributed by atoms with Crippen molar-refractivity contribution in [3.8, 4) is 11.8 Å². The van der Waals surface area contributed by atoms with E-state index in [9.17, 15) is 5.26 Å². The summed E-state index contributed by atoms with van der Waals surface area (Å²) in [4.78, 5) is 0. The van der Waals surface area contributed by atoms with Crippen molar-refractivity contribution >= 4 is 21.8 Å². The van der Waals surface area contributed by atoms with Crippen LogP contribution in [-0.2, 0) is 5.41 Å². The molecule has 26 heavy (non-hydrogen) atoms. The van der Waals surface area contributed by atoms with Crippen molar-refractivity contribution in [3.63, 3.8) is 0 Å². The zero-order chi connectivity index (χ0) is 18.5. The normalized spacial score (nSPS) is 11.8. The predicted molar refractivity (Wildman–Crippen MR) is 109 cm³/mol. The Hall–Kier alpha value is -3.05. The summed E-state index contributed by atoms with van der Waals surface area (Å²) >= 11 is 0. The van der Waals surface area contributed by atoms with Gasteiger partial charge < -0.3 is 4.57 Å². The number of nitrogens with zero attached hydrogens (tertiary/aromatic N) is 2. The summed E-state index contributed by atoms with van der Waals surface area (Å²) in [6.45, 7) is 8.73. The van der Waals surface area contributed by atoms with Gasteiger partial charge in [-0.25, -0.2) is 0 Å². The molecule has 0 saturated heterocycles. The minimum Gasteiger partial charge on any atom is -0.309 e. The van der Waals surface area contributed by atoms with E-state index < -0.39 is 0 Å². The Morgan fingerprint density at radius 3 is 1.88 bits per heavy atom. The van der Waals surface area contributed by atoms with Crippen LogP contribution in [-0.4, -0.2) is 4.57 Å². The molecule has 0 atom stereocenters. The number of rotatable bonds is 1. The van der Waals surface area contributed by atoms with Gasteiger partial charge >= 0.3 is 0 Å². The third kappa shape index (κ3) is 2.40. The van der Waals surface area contributed by atoms with Gasteiger partial charge in [-0.2, -0.15) is 5.26 Å². The summed E-state index contributed by atoms with van der Waals surface area (Å²) in [5, 5.41) is 12.0. The minimum absolute atomic E-state index is 0.0700. The molecule has 0 radical (unpaired) electrons. The SMILES string of the molecule is Cc1cc(C#N)cc(C(C)(C)C)c1-n1c2ccccc2c2ccccc21. The van der Waals surface area contributed by atoms with Gasteiger partial charge in [-0.05, 0) is 47.7 Å². The van der Waals surface area contributed by atoms with Gasteiger partial charge in [0.05, 0.1) is 28.4 Å². The van der Waals surface area contributed by atoms with Crippen molar-refractivity contribution in [2.75, 3.05) is 0 Å². The molecule has 0 unspecified atom stereocenters. The first-order valence-corrected chi connectivity index (χ1v) is 8.95. The van der Waals surface area contributed by atoms with E-state index in [1.807, 2.05) is 12.1 Å². The highest BCUT2D eigenvalue weighted by atomic mass is 15.0. The summed E-state index contributed by atoms with van der Waals surface area (Å²) in [6, 6.07) is 23.5. The van der Waals surface area contributed by atoms with Gasteiger partial charge in [-0.3, -0.25) is 0 Å². The number of hydrogen-bond acceptors (Lipinski definition) is 1. The van der Waals surface area contributed by atoms with Crippen molar-refractivity contribution in [1.29, 1.82) is 5.26 Å². The summed E-state index contributed by atoms with van der Waals surface area (Å²) in [7, 11) is 0. The number of fused-ring (bicyclic) bond motifs is 3. The molecule has 0 saturated carbocycles. The van der Waals surface area contributed by atoms with Gasteiger partial charge in [0.25, 0.3) is 0 Å². The van der Waals surface area contributed by atoms with Crippen molar-refractivity contribution in [1.82, 2.24) is 4.57 Å². The number of hydrogen-bond donors (Lipinski definition) is 0. The Bertz CT molecular complexity index is 1130.